The molecular weight excluding hydrogens is 348 g/mol. The smallest absolute Gasteiger partial charge is 0.334 e. The molecule has 2 aliphatic rings. The van der Waals surface area contributed by atoms with E-state index in [9.17, 15) is 14.7 Å². The zero-order valence-corrected chi connectivity index (χ0v) is 15.9. The average molecular weight is 376 g/mol. The largest absolute Gasteiger partial charge is 0.454 e. The van der Waals surface area contributed by atoms with Crippen LogP contribution in [-0.4, -0.2) is 54.0 Å². The normalized spacial score (nSPS) is 26.8. The van der Waals surface area contributed by atoms with E-state index in [-0.39, 0.29) is 24.7 Å². The van der Waals surface area contributed by atoms with E-state index in [2.05, 4.69) is 12.7 Å². The van der Waals surface area contributed by atoms with E-state index in [1.807, 2.05) is 19.9 Å². The number of rotatable bonds is 6. The van der Waals surface area contributed by atoms with E-state index < -0.39 is 30.6 Å². The lowest BCUT2D eigenvalue weighted by Crippen LogP contribution is -2.33. The van der Waals surface area contributed by atoms with E-state index in [0.717, 1.165) is 24.0 Å². The van der Waals surface area contributed by atoms with Gasteiger partial charge in [0.15, 0.2) is 5.78 Å². The molecule has 1 saturated heterocycles. The van der Waals surface area contributed by atoms with Crippen molar-refractivity contribution in [2.24, 2.45) is 5.92 Å². The summed E-state index contributed by atoms with van der Waals surface area (Å²) in [5.41, 5.74) is 2.70. The van der Waals surface area contributed by atoms with Crippen molar-refractivity contribution in [1.82, 2.24) is 0 Å². The average Bonchev–Trinajstić information content (AvgIpc) is 2.89. The Bertz CT molecular complexity index is 685. The van der Waals surface area contributed by atoms with Crippen LogP contribution >= 0.6 is 0 Å². The third kappa shape index (κ3) is 5.48. The molecule has 27 heavy (non-hydrogen) atoms. The molecule has 6 nitrogen and oxygen atoms in total. The minimum absolute atomic E-state index is 0.106. The summed E-state index contributed by atoms with van der Waals surface area (Å²) >= 11 is 0. The molecule has 1 aliphatic heterocycles. The van der Waals surface area contributed by atoms with Crippen LogP contribution in [0.15, 0.2) is 47.1 Å². The van der Waals surface area contributed by atoms with Crippen LogP contribution < -0.4 is 0 Å². The van der Waals surface area contributed by atoms with Crippen LogP contribution in [0.25, 0.3) is 0 Å². The molecule has 1 heterocycles. The molecule has 0 spiro atoms. The van der Waals surface area contributed by atoms with Crippen LogP contribution in [-0.2, 0) is 19.1 Å². The monoisotopic (exact) mass is 376 g/mol. The molecule has 1 fully saturated rings. The van der Waals surface area contributed by atoms with Crippen molar-refractivity contribution in [2.75, 3.05) is 19.8 Å². The predicted molar refractivity (Wildman–Crippen MR) is 101 cm³/mol. The van der Waals surface area contributed by atoms with Crippen molar-refractivity contribution in [3.8, 4) is 0 Å². The highest BCUT2D eigenvalue weighted by Gasteiger charge is 2.43. The minimum atomic E-state index is -0.464. The first-order chi connectivity index (χ1) is 12.9. The van der Waals surface area contributed by atoms with Gasteiger partial charge in [0.25, 0.3) is 0 Å². The Morgan fingerprint density at radius 3 is 2.78 bits per heavy atom. The Morgan fingerprint density at radius 2 is 2.11 bits per heavy atom. The number of aliphatic hydroxyl groups is 2. The third-order valence-electron chi connectivity index (χ3n) is 4.96. The lowest BCUT2D eigenvalue weighted by atomic mass is 9.85. The Morgan fingerprint density at radius 1 is 1.37 bits per heavy atom. The van der Waals surface area contributed by atoms with Crippen LogP contribution in [0.5, 0.6) is 0 Å². The first kappa shape index (κ1) is 21.3. The first-order valence-corrected chi connectivity index (χ1v) is 9.15. The summed E-state index contributed by atoms with van der Waals surface area (Å²) in [5, 5.41) is 18.2. The summed E-state index contributed by atoms with van der Waals surface area (Å²) in [6.45, 7) is 6.84. The van der Waals surface area contributed by atoms with Gasteiger partial charge in [0.2, 0.25) is 0 Å². The quantitative estimate of drug-likeness (QED) is 0.419. The maximum atomic E-state index is 12.2. The van der Waals surface area contributed by atoms with Crippen molar-refractivity contribution in [3.05, 3.63) is 47.1 Å². The molecule has 3 unspecified atom stereocenters. The third-order valence-corrected chi connectivity index (χ3v) is 4.96. The zero-order chi connectivity index (χ0) is 20.0. The minimum Gasteiger partial charge on any atom is -0.454 e. The van der Waals surface area contributed by atoms with E-state index in [1.165, 1.54) is 6.08 Å². The molecule has 0 aromatic heterocycles. The van der Waals surface area contributed by atoms with Crippen molar-refractivity contribution in [1.29, 1.82) is 0 Å². The SMILES string of the molecule is C=C1C(=O)OC2C=C(C)CCC=C(C)CC(OCC(=O)C(=CCO)CO)C12. The van der Waals surface area contributed by atoms with Gasteiger partial charge in [-0.25, -0.2) is 4.79 Å². The summed E-state index contributed by atoms with van der Waals surface area (Å²) in [6.07, 6.45) is 6.77. The standard InChI is InChI=1S/C21H28O6/c1-13-5-4-6-14(2)10-19-20(15(3)21(25)27-19)18(9-13)26-12-17(24)16(11-23)7-8-22/h5,7,10,18-20,22-23H,3-4,6,8-9,11-12H2,1-2H3. The van der Waals surface area contributed by atoms with E-state index in [0.29, 0.717) is 12.0 Å². The Hall–Kier alpha value is -2.02. The van der Waals surface area contributed by atoms with Gasteiger partial charge in [-0.15, -0.1) is 0 Å². The summed E-state index contributed by atoms with van der Waals surface area (Å²) in [4.78, 5) is 24.3. The highest BCUT2D eigenvalue weighted by Crippen LogP contribution is 2.36. The number of hydrogen-bond donors (Lipinski definition) is 2. The van der Waals surface area contributed by atoms with Crippen LogP contribution in [0.3, 0.4) is 0 Å². The van der Waals surface area contributed by atoms with Crippen LogP contribution in [0.4, 0.5) is 0 Å². The number of allylic oxidation sites excluding steroid dienone is 2. The molecule has 6 heteroatoms. The number of carbonyl (C=O) groups is 2. The lowest BCUT2D eigenvalue weighted by Gasteiger charge is -2.27. The second-order valence-electron chi connectivity index (χ2n) is 7.07. The first-order valence-electron chi connectivity index (χ1n) is 9.15. The van der Waals surface area contributed by atoms with Crippen LogP contribution in [0.2, 0.25) is 0 Å². The highest BCUT2D eigenvalue weighted by atomic mass is 16.6. The van der Waals surface area contributed by atoms with Crippen molar-refractivity contribution in [2.45, 2.75) is 45.3 Å². The van der Waals surface area contributed by atoms with Crippen molar-refractivity contribution < 1.29 is 29.3 Å². The van der Waals surface area contributed by atoms with E-state index in [1.54, 1.807) is 0 Å². The van der Waals surface area contributed by atoms with Crippen molar-refractivity contribution in [3.63, 3.8) is 0 Å². The van der Waals surface area contributed by atoms with Crippen LogP contribution in [0, 0.1) is 5.92 Å². The topological polar surface area (TPSA) is 93.1 Å². The highest BCUT2D eigenvalue weighted by molar-refractivity contribution is 5.96. The molecule has 0 bridgehead atoms. The maximum absolute atomic E-state index is 12.2. The Labute approximate surface area is 159 Å². The van der Waals surface area contributed by atoms with Gasteiger partial charge in [0.1, 0.15) is 12.7 Å². The molecule has 148 valence electrons. The molecule has 0 saturated carbocycles. The van der Waals surface area contributed by atoms with E-state index >= 15 is 0 Å². The Balaban J connectivity index is 2.25. The summed E-state index contributed by atoms with van der Waals surface area (Å²) in [6, 6.07) is 0. The molecule has 0 aromatic rings. The zero-order valence-electron chi connectivity index (χ0n) is 15.9. The molecule has 0 aromatic carbocycles. The van der Waals surface area contributed by atoms with Crippen molar-refractivity contribution >= 4 is 11.8 Å². The number of ketones is 1. The van der Waals surface area contributed by atoms with Gasteiger partial charge in [0.05, 0.1) is 25.2 Å². The fourth-order valence-electron chi connectivity index (χ4n) is 3.43. The summed E-state index contributed by atoms with van der Waals surface area (Å²) in [7, 11) is 0. The number of carbonyl (C=O) groups excluding carboxylic acids is 2. The number of esters is 1. The van der Waals surface area contributed by atoms with Gasteiger partial charge in [-0.05, 0) is 39.2 Å². The number of aliphatic hydroxyl groups excluding tert-OH is 2. The lowest BCUT2D eigenvalue weighted by molar-refractivity contribution is -0.138. The molecule has 2 N–H and O–H groups in total. The van der Waals surface area contributed by atoms with Gasteiger partial charge < -0.3 is 19.7 Å². The maximum Gasteiger partial charge on any atom is 0.334 e. The van der Waals surface area contributed by atoms with Gasteiger partial charge in [0, 0.05) is 11.1 Å². The molecule has 3 atom stereocenters. The summed E-state index contributed by atoms with van der Waals surface area (Å²) in [5.74, 6) is -1.21. The molecule has 0 amide bonds. The van der Waals surface area contributed by atoms with Gasteiger partial charge in [-0.2, -0.15) is 0 Å². The molecular formula is C21H28O6. The number of ether oxygens (including phenoxy) is 2. The predicted octanol–water partition coefficient (Wildman–Crippen LogP) is 2.03. The summed E-state index contributed by atoms with van der Waals surface area (Å²) < 4.78 is 11.4. The Kier molecular flexibility index (Phi) is 7.71. The van der Waals surface area contributed by atoms with Gasteiger partial charge >= 0.3 is 5.97 Å². The van der Waals surface area contributed by atoms with E-state index in [4.69, 9.17) is 14.6 Å². The van der Waals surface area contributed by atoms with Crippen LogP contribution in [0.1, 0.15) is 33.1 Å². The molecule has 0 radical (unpaired) electrons. The second-order valence-corrected chi connectivity index (χ2v) is 7.07. The van der Waals surface area contributed by atoms with Gasteiger partial charge in [-0.3, -0.25) is 4.79 Å². The number of hydrogen-bond acceptors (Lipinski definition) is 6. The number of fused-ring (bicyclic) bond motifs is 1. The second kappa shape index (κ2) is 9.78. The molecule has 2 rings (SSSR count). The number of Topliss-reactive ketones (excluding diaryl/α,β-unsaturated/α-hetero) is 1. The fraction of sp³-hybridized carbons (Fsp3) is 0.524. The fourth-order valence-corrected chi connectivity index (χ4v) is 3.43. The molecule has 1 aliphatic carbocycles. The van der Waals surface area contributed by atoms with Gasteiger partial charge in [-0.1, -0.05) is 29.9 Å².